The van der Waals surface area contributed by atoms with Crippen LogP contribution in [0.15, 0.2) is 42.7 Å². The molecule has 2 aromatic rings. The molecule has 132 valence electrons. The molecule has 1 N–H and O–H groups in total. The summed E-state index contributed by atoms with van der Waals surface area (Å²) in [5.74, 6) is 0. The fourth-order valence-corrected chi connectivity index (χ4v) is 3.32. The lowest BCUT2D eigenvalue weighted by Gasteiger charge is -2.28. The van der Waals surface area contributed by atoms with Crippen LogP contribution in [-0.4, -0.2) is 34.3 Å². The number of halogens is 1. The smallest absolute Gasteiger partial charge is 0.173 e. The first kappa shape index (κ1) is 18.1. The molecule has 1 aliphatic heterocycles. The van der Waals surface area contributed by atoms with Crippen molar-refractivity contribution >= 4 is 34.6 Å². The number of thiocarbonyl (C=S) groups is 1. The number of ether oxygens (including phenoxy) is 1. The molecule has 0 unspecified atom stereocenters. The first-order valence-corrected chi connectivity index (χ1v) is 9.23. The Labute approximate surface area is 159 Å². The number of nitrogens with zero attached hydrogens (tertiary/aromatic N) is 2. The molecule has 6 heteroatoms. The Hall–Kier alpha value is -1.69. The zero-order chi connectivity index (χ0) is 17.6. The van der Waals surface area contributed by atoms with E-state index in [1.54, 1.807) is 12.4 Å². The molecule has 2 heterocycles. The minimum Gasteiger partial charge on any atom is -0.376 e. The van der Waals surface area contributed by atoms with Crippen LogP contribution in [0.2, 0.25) is 5.02 Å². The lowest BCUT2D eigenvalue weighted by Crippen LogP contribution is -2.39. The van der Waals surface area contributed by atoms with Crippen molar-refractivity contribution in [3.05, 3.63) is 58.9 Å². The van der Waals surface area contributed by atoms with E-state index in [-0.39, 0.29) is 6.10 Å². The first-order valence-electron chi connectivity index (χ1n) is 8.45. The van der Waals surface area contributed by atoms with Gasteiger partial charge in [-0.25, -0.2) is 0 Å². The zero-order valence-corrected chi connectivity index (χ0v) is 15.8. The fraction of sp³-hybridized carbons (Fsp3) is 0.368. The molecule has 0 bridgehead atoms. The minimum absolute atomic E-state index is 0.217. The van der Waals surface area contributed by atoms with Gasteiger partial charge in [-0.3, -0.25) is 4.98 Å². The zero-order valence-electron chi connectivity index (χ0n) is 14.2. The summed E-state index contributed by atoms with van der Waals surface area (Å²) in [6.07, 6.45) is 5.99. The monoisotopic (exact) mass is 375 g/mol. The molecule has 0 amide bonds. The molecule has 1 aromatic carbocycles. The van der Waals surface area contributed by atoms with Crippen molar-refractivity contribution in [2.75, 3.05) is 18.5 Å². The van der Waals surface area contributed by atoms with Crippen LogP contribution in [0.5, 0.6) is 0 Å². The van der Waals surface area contributed by atoms with Gasteiger partial charge in [0, 0.05) is 32.1 Å². The van der Waals surface area contributed by atoms with Crippen molar-refractivity contribution in [1.82, 2.24) is 9.88 Å². The summed E-state index contributed by atoms with van der Waals surface area (Å²) in [7, 11) is 0. The van der Waals surface area contributed by atoms with Crippen molar-refractivity contribution in [3.63, 3.8) is 0 Å². The van der Waals surface area contributed by atoms with Gasteiger partial charge in [0.2, 0.25) is 0 Å². The van der Waals surface area contributed by atoms with Gasteiger partial charge in [0.25, 0.3) is 0 Å². The second-order valence-electron chi connectivity index (χ2n) is 6.24. The lowest BCUT2D eigenvalue weighted by molar-refractivity contribution is 0.0905. The molecule has 1 saturated heterocycles. The highest BCUT2D eigenvalue weighted by Crippen LogP contribution is 2.26. The predicted octanol–water partition coefficient (Wildman–Crippen LogP) is 4.42. The highest BCUT2D eigenvalue weighted by Gasteiger charge is 2.21. The molecule has 1 aromatic heterocycles. The number of anilines is 1. The average Bonchev–Trinajstić information content (AvgIpc) is 3.12. The predicted molar refractivity (Wildman–Crippen MR) is 106 cm³/mol. The third-order valence-electron chi connectivity index (χ3n) is 4.29. The van der Waals surface area contributed by atoms with Gasteiger partial charge in [0.1, 0.15) is 0 Å². The van der Waals surface area contributed by atoms with Gasteiger partial charge < -0.3 is 15.0 Å². The molecule has 0 saturated carbocycles. The van der Waals surface area contributed by atoms with Gasteiger partial charge in [-0.05, 0) is 61.3 Å². The van der Waals surface area contributed by atoms with E-state index in [1.165, 1.54) is 0 Å². The molecule has 3 rings (SSSR count). The normalized spacial score (nSPS) is 16.6. The van der Waals surface area contributed by atoms with Gasteiger partial charge >= 0.3 is 0 Å². The Morgan fingerprint density at radius 1 is 1.36 bits per heavy atom. The first-order chi connectivity index (χ1) is 12.1. The van der Waals surface area contributed by atoms with E-state index in [9.17, 15) is 0 Å². The average molecular weight is 376 g/mol. The summed E-state index contributed by atoms with van der Waals surface area (Å²) in [5, 5.41) is 4.65. The number of pyridine rings is 1. The molecule has 1 fully saturated rings. The highest BCUT2D eigenvalue weighted by atomic mass is 35.5. The Kier molecular flexibility index (Phi) is 6.24. The summed E-state index contributed by atoms with van der Waals surface area (Å²) in [6.45, 7) is 4.28. The lowest BCUT2D eigenvalue weighted by atomic mass is 10.2. The molecule has 0 spiro atoms. The molecule has 25 heavy (non-hydrogen) atoms. The van der Waals surface area contributed by atoms with Crippen molar-refractivity contribution < 1.29 is 4.74 Å². The summed E-state index contributed by atoms with van der Waals surface area (Å²) < 4.78 is 5.80. The Bertz CT molecular complexity index is 720. The maximum Gasteiger partial charge on any atom is 0.173 e. The van der Waals surface area contributed by atoms with E-state index < -0.39 is 0 Å². The number of hydrogen-bond acceptors (Lipinski definition) is 3. The molecule has 1 aliphatic rings. The number of aryl methyl sites for hydroxylation is 1. The summed E-state index contributed by atoms with van der Waals surface area (Å²) in [5.41, 5.74) is 3.01. The van der Waals surface area contributed by atoms with E-state index >= 15 is 0 Å². The van der Waals surface area contributed by atoms with E-state index in [1.807, 2.05) is 37.3 Å². The molecule has 1 atom stereocenters. The van der Waals surface area contributed by atoms with Crippen molar-refractivity contribution in [3.8, 4) is 0 Å². The standard InChI is InChI=1S/C19H22ClN3OS/c1-14-4-2-6-17(18(14)20)22-19(25)23(13-16-5-3-11-24-16)12-15-7-9-21-10-8-15/h2,4,6-10,16H,3,5,11-13H2,1H3,(H,22,25)/t16-/m0/s1. The van der Waals surface area contributed by atoms with Crippen molar-refractivity contribution in [1.29, 1.82) is 0 Å². The maximum absolute atomic E-state index is 6.40. The van der Waals surface area contributed by atoms with Gasteiger partial charge in [-0.1, -0.05) is 23.7 Å². The van der Waals surface area contributed by atoms with Crippen LogP contribution in [0.1, 0.15) is 24.0 Å². The van der Waals surface area contributed by atoms with Gasteiger partial charge in [-0.15, -0.1) is 0 Å². The largest absolute Gasteiger partial charge is 0.376 e. The summed E-state index contributed by atoms with van der Waals surface area (Å²) >= 11 is 12.1. The quantitative estimate of drug-likeness (QED) is 0.783. The van der Waals surface area contributed by atoms with Crippen LogP contribution < -0.4 is 5.32 Å². The van der Waals surface area contributed by atoms with Gasteiger partial charge in [-0.2, -0.15) is 0 Å². The summed E-state index contributed by atoms with van der Waals surface area (Å²) in [6, 6.07) is 9.91. The third-order valence-corrected chi connectivity index (χ3v) is 5.15. The van der Waals surface area contributed by atoms with E-state index in [4.69, 9.17) is 28.6 Å². The van der Waals surface area contributed by atoms with Crippen LogP contribution in [0, 0.1) is 6.92 Å². The maximum atomic E-state index is 6.40. The second kappa shape index (κ2) is 8.61. The molecule has 0 aliphatic carbocycles. The second-order valence-corrected chi connectivity index (χ2v) is 7.00. The Balaban J connectivity index is 1.74. The number of hydrogen-bond donors (Lipinski definition) is 1. The van der Waals surface area contributed by atoms with Gasteiger partial charge in [0.15, 0.2) is 5.11 Å². The van der Waals surface area contributed by atoms with Crippen molar-refractivity contribution in [2.24, 2.45) is 0 Å². The highest BCUT2D eigenvalue weighted by molar-refractivity contribution is 7.80. The molecular weight excluding hydrogens is 354 g/mol. The van der Waals surface area contributed by atoms with E-state index in [2.05, 4.69) is 15.2 Å². The number of nitrogens with one attached hydrogen (secondary N) is 1. The number of rotatable bonds is 5. The van der Waals surface area contributed by atoms with Crippen LogP contribution in [0.3, 0.4) is 0 Å². The van der Waals surface area contributed by atoms with Gasteiger partial charge in [0.05, 0.1) is 16.8 Å². The van der Waals surface area contributed by atoms with Crippen LogP contribution >= 0.6 is 23.8 Å². The Morgan fingerprint density at radius 2 is 2.16 bits per heavy atom. The van der Waals surface area contributed by atoms with E-state index in [0.717, 1.165) is 42.8 Å². The molecule has 4 nitrogen and oxygen atoms in total. The summed E-state index contributed by atoms with van der Waals surface area (Å²) in [4.78, 5) is 6.22. The Morgan fingerprint density at radius 3 is 2.88 bits per heavy atom. The third kappa shape index (κ3) is 4.91. The molecule has 0 radical (unpaired) electrons. The van der Waals surface area contributed by atoms with Crippen LogP contribution in [0.4, 0.5) is 5.69 Å². The number of aromatic nitrogens is 1. The van der Waals surface area contributed by atoms with Crippen LogP contribution in [0.25, 0.3) is 0 Å². The van der Waals surface area contributed by atoms with Crippen molar-refractivity contribution in [2.45, 2.75) is 32.4 Å². The van der Waals surface area contributed by atoms with Crippen LogP contribution in [-0.2, 0) is 11.3 Å². The SMILES string of the molecule is Cc1cccc(NC(=S)N(Cc2ccncc2)C[C@@H]2CCCO2)c1Cl. The minimum atomic E-state index is 0.217. The topological polar surface area (TPSA) is 37.4 Å². The van der Waals surface area contributed by atoms with E-state index in [0.29, 0.717) is 16.7 Å². The fourth-order valence-electron chi connectivity index (χ4n) is 2.90. The molecular formula is C19H22ClN3OS. The number of benzene rings is 1.